The maximum absolute atomic E-state index is 13.4. The van der Waals surface area contributed by atoms with Crippen molar-refractivity contribution in [3.8, 4) is 5.75 Å². The molecule has 3 aromatic rings. The monoisotopic (exact) mass is 339 g/mol. The predicted molar refractivity (Wildman–Crippen MR) is 94.0 cm³/mol. The van der Waals surface area contributed by atoms with Crippen molar-refractivity contribution in [2.24, 2.45) is 0 Å². The van der Waals surface area contributed by atoms with Crippen molar-refractivity contribution in [2.75, 3.05) is 6.61 Å². The van der Waals surface area contributed by atoms with E-state index in [2.05, 4.69) is 0 Å². The van der Waals surface area contributed by atoms with Gasteiger partial charge in [0.2, 0.25) is 0 Å². The molecule has 0 radical (unpaired) electrons. The van der Waals surface area contributed by atoms with Crippen LogP contribution >= 0.6 is 0 Å². The van der Waals surface area contributed by atoms with E-state index in [1.54, 1.807) is 23.8 Å². The summed E-state index contributed by atoms with van der Waals surface area (Å²) in [4.78, 5) is 23.9. The lowest BCUT2D eigenvalue weighted by molar-refractivity contribution is 0.0972. The summed E-state index contributed by atoms with van der Waals surface area (Å²) < 4.78 is 20.6. The lowest BCUT2D eigenvalue weighted by Gasteiger charge is -2.07. The standard InChI is InChI=1S/C20H18FNO3/c1-3-25-16-5-7-19-17(9-16)15(12-23)10-22(19)11-20(24)14-4-6-18(21)13(2)8-14/h4-10,12H,3,11H2,1-2H3. The van der Waals surface area contributed by atoms with Gasteiger partial charge in [-0.05, 0) is 55.8 Å². The highest BCUT2D eigenvalue weighted by Gasteiger charge is 2.14. The van der Waals surface area contributed by atoms with Crippen LogP contribution in [0.1, 0.15) is 33.2 Å². The third-order valence-corrected chi connectivity index (χ3v) is 4.12. The zero-order valence-electron chi connectivity index (χ0n) is 14.1. The number of aldehydes is 1. The molecular weight excluding hydrogens is 321 g/mol. The molecule has 0 saturated heterocycles. The molecule has 0 unspecified atom stereocenters. The number of ketones is 1. The number of carbonyl (C=O) groups excluding carboxylic acids is 2. The molecule has 1 heterocycles. The van der Waals surface area contributed by atoms with Crippen LogP contribution in [0.2, 0.25) is 0 Å². The van der Waals surface area contributed by atoms with Gasteiger partial charge < -0.3 is 9.30 Å². The van der Waals surface area contributed by atoms with Crippen molar-refractivity contribution < 1.29 is 18.7 Å². The molecule has 0 fully saturated rings. The minimum absolute atomic E-state index is 0.0728. The summed E-state index contributed by atoms with van der Waals surface area (Å²) in [7, 11) is 0. The quantitative estimate of drug-likeness (QED) is 0.500. The van der Waals surface area contributed by atoms with E-state index < -0.39 is 0 Å². The summed E-state index contributed by atoms with van der Waals surface area (Å²) in [5.74, 6) is 0.192. The second-order valence-corrected chi connectivity index (χ2v) is 5.83. The van der Waals surface area contributed by atoms with Crippen LogP contribution in [-0.4, -0.2) is 23.2 Å². The molecule has 0 saturated carbocycles. The molecule has 0 N–H and O–H groups in total. The van der Waals surface area contributed by atoms with Crippen molar-refractivity contribution in [3.63, 3.8) is 0 Å². The first-order valence-corrected chi connectivity index (χ1v) is 8.03. The Morgan fingerprint density at radius 1 is 1.24 bits per heavy atom. The molecule has 0 aliphatic rings. The molecule has 128 valence electrons. The third kappa shape index (κ3) is 3.31. The lowest BCUT2D eigenvalue weighted by Crippen LogP contribution is -2.10. The van der Waals surface area contributed by atoms with E-state index in [-0.39, 0.29) is 18.1 Å². The lowest BCUT2D eigenvalue weighted by atomic mass is 10.1. The Bertz CT molecular complexity index is 959. The largest absolute Gasteiger partial charge is 0.494 e. The van der Waals surface area contributed by atoms with Gasteiger partial charge in [0.05, 0.1) is 13.2 Å². The number of Topliss-reactive ketones (excluding diaryl/α,β-unsaturated/α-hetero) is 1. The van der Waals surface area contributed by atoms with Crippen LogP contribution in [0, 0.1) is 12.7 Å². The Balaban J connectivity index is 1.96. The van der Waals surface area contributed by atoms with Crippen molar-refractivity contribution in [2.45, 2.75) is 20.4 Å². The van der Waals surface area contributed by atoms with Gasteiger partial charge in [-0.3, -0.25) is 9.59 Å². The fourth-order valence-electron chi connectivity index (χ4n) is 2.85. The van der Waals surface area contributed by atoms with E-state index in [4.69, 9.17) is 4.74 Å². The van der Waals surface area contributed by atoms with E-state index in [0.717, 1.165) is 17.2 Å². The van der Waals surface area contributed by atoms with Gasteiger partial charge >= 0.3 is 0 Å². The van der Waals surface area contributed by atoms with E-state index in [9.17, 15) is 14.0 Å². The number of nitrogens with zero attached hydrogens (tertiary/aromatic N) is 1. The summed E-state index contributed by atoms with van der Waals surface area (Å²) >= 11 is 0. The van der Waals surface area contributed by atoms with Gasteiger partial charge in [0.15, 0.2) is 12.1 Å². The molecule has 0 bridgehead atoms. The number of carbonyl (C=O) groups is 2. The van der Waals surface area contributed by atoms with Gasteiger partial charge in [0.25, 0.3) is 0 Å². The van der Waals surface area contributed by atoms with E-state index in [1.807, 2.05) is 19.1 Å². The zero-order chi connectivity index (χ0) is 18.0. The third-order valence-electron chi connectivity index (χ3n) is 4.12. The summed E-state index contributed by atoms with van der Waals surface area (Å²) in [5, 5.41) is 0.740. The van der Waals surface area contributed by atoms with Crippen LogP contribution in [0.15, 0.2) is 42.6 Å². The van der Waals surface area contributed by atoms with Crippen molar-refractivity contribution in [3.05, 3.63) is 65.1 Å². The van der Waals surface area contributed by atoms with Gasteiger partial charge in [-0.25, -0.2) is 4.39 Å². The van der Waals surface area contributed by atoms with Gasteiger partial charge in [-0.15, -0.1) is 0 Å². The smallest absolute Gasteiger partial charge is 0.182 e. The number of rotatable bonds is 6. The van der Waals surface area contributed by atoms with Crippen LogP contribution in [0.5, 0.6) is 5.75 Å². The molecule has 25 heavy (non-hydrogen) atoms. The fourth-order valence-corrected chi connectivity index (χ4v) is 2.85. The molecular formula is C20H18FNO3. The first-order chi connectivity index (χ1) is 12.0. The highest BCUT2D eigenvalue weighted by Crippen LogP contribution is 2.26. The SMILES string of the molecule is CCOc1ccc2c(c1)c(C=O)cn2CC(=O)c1ccc(F)c(C)c1. The number of fused-ring (bicyclic) bond motifs is 1. The topological polar surface area (TPSA) is 48.3 Å². The van der Waals surface area contributed by atoms with E-state index in [0.29, 0.717) is 29.0 Å². The number of ether oxygens (including phenoxy) is 1. The molecule has 1 aromatic heterocycles. The number of hydrogen-bond acceptors (Lipinski definition) is 3. The molecule has 3 rings (SSSR count). The Kier molecular flexibility index (Phi) is 4.65. The highest BCUT2D eigenvalue weighted by atomic mass is 19.1. The molecule has 4 nitrogen and oxygen atoms in total. The average Bonchev–Trinajstić information content (AvgIpc) is 2.94. The molecule has 0 aliphatic heterocycles. The first kappa shape index (κ1) is 16.9. The maximum atomic E-state index is 13.4. The van der Waals surface area contributed by atoms with E-state index in [1.165, 1.54) is 18.2 Å². The van der Waals surface area contributed by atoms with Crippen LogP contribution in [0.4, 0.5) is 4.39 Å². The number of benzene rings is 2. The maximum Gasteiger partial charge on any atom is 0.182 e. The van der Waals surface area contributed by atoms with Crippen molar-refractivity contribution >= 4 is 23.0 Å². The van der Waals surface area contributed by atoms with E-state index >= 15 is 0 Å². The fraction of sp³-hybridized carbons (Fsp3) is 0.200. The van der Waals surface area contributed by atoms with Gasteiger partial charge in [0, 0.05) is 28.2 Å². The Hall–Kier alpha value is -2.95. The Morgan fingerprint density at radius 2 is 2.04 bits per heavy atom. The second-order valence-electron chi connectivity index (χ2n) is 5.83. The average molecular weight is 339 g/mol. The Morgan fingerprint density at radius 3 is 2.72 bits per heavy atom. The van der Waals surface area contributed by atoms with Crippen LogP contribution in [0.3, 0.4) is 0 Å². The van der Waals surface area contributed by atoms with Crippen LogP contribution < -0.4 is 4.74 Å². The summed E-state index contributed by atoms with van der Waals surface area (Å²) in [6.45, 7) is 4.12. The molecule has 0 aliphatic carbocycles. The minimum Gasteiger partial charge on any atom is -0.494 e. The van der Waals surface area contributed by atoms with Gasteiger partial charge in [0.1, 0.15) is 11.6 Å². The highest BCUT2D eigenvalue weighted by molar-refractivity contribution is 6.01. The second kappa shape index (κ2) is 6.89. The molecule has 0 atom stereocenters. The van der Waals surface area contributed by atoms with Crippen LogP contribution in [0.25, 0.3) is 10.9 Å². The van der Waals surface area contributed by atoms with Crippen molar-refractivity contribution in [1.29, 1.82) is 0 Å². The molecule has 2 aromatic carbocycles. The normalized spacial score (nSPS) is 10.8. The number of hydrogen-bond donors (Lipinski definition) is 0. The number of aryl methyl sites for hydroxylation is 1. The molecule has 0 amide bonds. The molecule has 5 heteroatoms. The van der Waals surface area contributed by atoms with Crippen LogP contribution in [-0.2, 0) is 6.54 Å². The first-order valence-electron chi connectivity index (χ1n) is 8.03. The van der Waals surface area contributed by atoms with Gasteiger partial charge in [-0.2, -0.15) is 0 Å². The minimum atomic E-state index is -0.338. The molecule has 0 spiro atoms. The zero-order valence-corrected chi connectivity index (χ0v) is 14.1. The predicted octanol–water partition coefficient (Wildman–Crippen LogP) is 4.18. The number of halogens is 1. The summed E-state index contributed by atoms with van der Waals surface area (Å²) in [5.41, 5.74) is 2.15. The van der Waals surface area contributed by atoms with Gasteiger partial charge in [-0.1, -0.05) is 0 Å². The summed E-state index contributed by atoms with van der Waals surface area (Å²) in [6.07, 6.45) is 2.42. The Labute approximate surface area is 144 Å². The number of aromatic nitrogens is 1. The summed E-state index contributed by atoms with van der Waals surface area (Å²) in [6, 6.07) is 9.74. The van der Waals surface area contributed by atoms with Crippen molar-refractivity contribution in [1.82, 2.24) is 4.57 Å².